The number of benzene rings is 1. The average Bonchev–Trinajstić information content (AvgIpc) is 2.79. The Morgan fingerprint density at radius 2 is 1.72 bits per heavy atom. The van der Waals surface area contributed by atoms with Crippen molar-refractivity contribution in [2.45, 2.75) is 91.4 Å². The van der Waals surface area contributed by atoms with Crippen LogP contribution in [0.2, 0.25) is 0 Å². The highest BCUT2D eigenvalue weighted by Crippen LogP contribution is 2.65. The zero-order valence-corrected chi connectivity index (χ0v) is 21.8. The molecule has 1 aromatic rings. The molecule has 180 valence electrons. The second-order valence-corrected chi connectivity index (χ2v) is 11.3. The van der Waals surface area contributed by atoms with Crippen molar-refractivity contribution in [3.63, 3.8) is 0 Å². The number of aliphatic hydroxyl groups excluding tert-OH is 1. The van der Waals surface area contributed by atoms with Crippen LogP contribution in [0.25, 0.3) is 0 Å². The van der Waals surface area contributed by atoms with Gasteiger partial charge in [0.15, 0.2) is 0 Å². The molecule has 3 nitrogen and oxygen atoms in total. The van der Waals surface area contributed by atoms with Crippen LogP contribution < -0.4 is 9.47 Å². The Hall–Kier alpha value is -1.48. The zero-order chi connectivity index (χ0) is 23.7. The van der Waals surface area contributed by atoms with Crippen molar-refractivity contribution in [3.05, 3.63) is 34.9 Å². The van der Waals surface area contributed by atoms with Crippen molar-refractivity contribution in [3.8, 4) is 11.5 Å². The Kier molecular flexibility index (Phi) is 7.70. The number of aliphatic hydroxyl groups is 1. The molecule has 0 saturated heterocycles. The number of allylic oxidation sites excluding steroid dienone is 1. The lowest BCUT2D eigenvalue weighted by Gasteiger charge is -2.59. The smallest absolute Gasteiger partial charge is 0.126 e. The van der Waals surface area contributed by atoms with Crippen LogP contribution in [0.5, 0.6) is 11.5 Å². The van der Waals surface area contributed by atoms with Crippen LogP contribution in [0.15, 0.2) is 23.8 Å². The fourth-order valence-electron chi connectivity index (χ4n) is 6.70. The molecule has 0 unspecified atom stereocenters. The molecule has 1 N–H and O–H groups in total. The van der Waals surface area contributed by atoms with E-state index in [4.69, 9.17) is 9.47 Å². The quantitative estimate of drug-likeness (QED) is 0.289. The van der Waals surface area contributed by atoms with Gasteiger partial charge in [-0.1, -0.05) is 73.3 Å². The van der Waals surface area contributed by atoms with Crippen molar-refractivity contribution in [1.82, 2.24) is 0 Å². The predicted octanol–water partition coefficient (Wildman–Crippen LogP) is 7.27. The van der Waals surface area contributed by atoms with Gasteiger partial charge in [-0.15, -0.1) is 0 Å². The van der Waals surface area contributed by atoms with E-state index in [1.54, 1.807) is 14.2 Å². The highest BCUT2D eigenvalue weighted by molar-refractivity contribution is 5.55. The summed E-state index contributed by atoms with van der Waals surface area (Å²) in [5.74, 6) is 3.73. The highest BCUT2D eigenvalue weighted by atomic mass is 16.5. The van der Waals surface area contributed by atoms with Crippen molar-refractivity contribution in [2.24, 2.45) is 23.2 Å². The molecule has 4 rings (SSSR count). The first-order valence-electron chi connectivity index (χ1n) is 12.7. The Labute approximate surface area is 196 Å². The van der Waals surface area contributed by atoms with Crippen LogP contribution in [0.3, 0.4) is 0 Å². The van der Waals surface area contributed by atoms with E-state index < -0.39 is 0 Å². The van der Waals surface area contributed by atoms with Gasteiger partial charge in [0.1, 0.15) is 11.5 Å². The van der Waals surface area contributed by atoms with Crippen molar-refractivity contribution in [2.75, 3.05) is 20.8 Å². The molecule has 2 bridgehead atoms. The molecule has 3 heteroatoms. The summed E-state index contributed by atoms with van der Waals surface area (Å²) in [6, 6.07) is 4.54. The standard InChI is InChI=1S/C29H46O3/c1-9-11-12-13-20(10-2)28(3,4)21-15-25(31-7)27(26(16-21)32-8)22-14-19(18-30)23-17-24(22)29(23,5)6/h14-16,20,22-24,30H,9-13,17-18H2,1-8H3/t20-,22+,23-,24+/m1/s1. The Morgan fingerprint density at radius 1 is 1.09 bits per heavy atom. The lowest BCUT2D eigenvalue weighted by molar-refractivity contribution is -0.0260. The largest absolute Gasteiger partial charge is 0.496 e. The summed E-state index contributed by atoms with van der Waals surface area (Å²) in [4.78, 5) is 0. The fourth-order valence-corrected chi connectivity index (χ4v) is 6.70. The molecule has 3 aliphatic rings. The van der Waals surface area contributed by atoms with Gasteiger partial charge in [0.25, 0.3) is 0 Å². The summed E-state index contributed by atoms with van der Waals surface area (Å²) >= 11 is 0. The SMILES string of the molecule is CCCCC[C@@H](CC)C(C)(C)c1cc(OC)c([C@H]2C=C(CO)[C@H]3C[C@@H]2C3(C)C)c(OC)c1. The van der Waals surface area contributed by atoms with E-state index in [0.29, 0.717) is 17.8 Å². The number of fused-ring (bicyclic) bond motifs is 1. The molecule has 0 amide bonds. The van der Waals surface area contributed by atoms with Crippen molar-refractivity contribution in [1.29, 1.82) is 0 Å². The molecule has 1 aromatic carbocycles. The molecule has 0 spiro atoms. The van der Waals surface area contributed by atoms with E-state index >= 15 is 0 Å². The van der Waals surface area contributed by atoms with Crippen molar-refractivity contribution < 1.29 is 14.6 Å². The van der Waals surface area contributed by atoms with E-state index in [-0.39, 0.29) is 23.4 Å². The van der Waals surface area contributed by atoms with Gasteiger partial charge in [0.2, 0.25) is 0 Å². The second-order valence-electron chi connectivity index (χ2n) is 11.3. The minimum Gasteiger partial charge on any atom is -0.496 e. The predicted molar refractivity (Wildman–Crippen MR) is 134 cm³/mol. The molecule has 1 fully saturated rings. The van der Waals surface area contributed by atoms with Gasteiger partial charge in [0.05, 0.1) is 20.8 Å². The van der Waals surface area contributed by atoms with Gasteiger partial charge in [-0.3, -0.25) is 0 Å². The Morgan fingerprint density at radius 3 is 2.19 bits per heavy atom. The molecular formula is C29H46O3. The summed E-state index contributed by atoms with van der Waals surface area (Å²) in [7, 11) is 3.56. The topological polar surface area (TPSA) is 38.7 Å². The van der Waals surface area contributed by atoms with Gasteiger partial charge in [-0.25, -0.2) is 0 Å². The minimum atomic E-state index is 0.0427. The highest BCUT2D eigenvalue weighted by Gasteiger charge is 2.56. The lowest BCUT2D eigenvalue weighted by Crippen LogP contribution is -2.51. The number of hydrogen-bond acceptors (Lipinski definition) is 3. The Balaban J connectivity index is 2.04. The summed E-state index contributed by atoms with van der Waals surface area (Å²) in [6.07, 6.45) is 9.72. The van der Waals surface area contributed by atoms with Crippen LogP contribution in [0, 0.1) is 23.2 Å². The summed E-state index contributed by atoms with van der Waals surface area (Å²) in [5, 5.41) is 10.0. The number of methoxy groups -OCH3 is 2. The maximum atomic E-state index is 10.0. The molecule has 1 saturated carbocycles. The minimum absolute atomic E-state index is 0.0427. The molecule has 0 heterocycles. The first kappa shape index (κ1) is 25.1. The molecule has 3 aliphatic carbocycles. The number of rotatable bonds is 11. The lowest BCUT2D eigenvalue weighted by atomic mass is 9.45. The monoisotopic (exact) mass is 442 g/mol. The van der Waals surface area contributed by atoms with E-state index in [2.05, 4.69) is 59.8 Å². The second kappa shape index (κ2) is 9.79. The molecule has 0 aromatic heterocycles. The summed E-state index contributed by atoms with van der Waals surface area (Å²) in [6.45, 7) is 14.2. The van der Waals surface area contributed by atoms with Gasteiger partial charge >= 0.3 is 0 Å². The zero-order valence-electron chi connectivity index (χ0n) is 21.8. The van der Waals surface area contributed by atoms with Gasteiger partial charge in [-0.05, 0) is 64.7 Å². The van der Waals surface area contributed by atoms with Crippen LogP contribution in [0.4, 0.5) is 0 Å². The number of ether oxygens (including phenoxy) is 2. The maximum absolute atomic E-state index is 10.0. The first-order valence-corrected chi connectivity index (χ1v) is 12.7. The van der Waals surface area contributed by atoms with E-state index in [1.165, 1.54) is 43.2 Å². The summed E-state index contributed by atoms with van der Waals surface area (Å²) < 4.78 is 12.0. The summed E-state index contributed by atoms with van der Waals surface area (Å²) in [5.41, 5.74) is 3.86. The Bertz CT molecular complexity index is 795. The third kappa shape index (κ3) is 4.22. The number of hydrogen-bond donors (Lipinski definition) is 1. The van der Waals surface area contributed by atoms with Crippen LogP contribution in [0.1, 0.15) is 97.1 Å². The average molecular weight is 443 g/mol. The normalized spacial score (nSPS) is 25.0. The molecule has 4 atom stereocenters. The van der Waals surface area contributed by atoms with Gasteiger partial charge in [-0.2, -0.15) is 0 Å². The van der Waals surface area contributed by atoms with E-state index in [0.717, 1.165) is 23.5 Å². The fraction of sp³-hybridized carbons (Fsp3) is 0.724. The van der Waals surface area contributed by atoms with E-state index in [1.807, 2.05) is 0 Å². The molecule has 32 heavy (non-hydrogen) atoms. The van der Waals surface area contributed by atoms with Crippen molar-refractivity contribution >= 4 is 0 Å². The maximum Gasteiger partial charge on any atom is 0.126 e. The van der Waals surface area contributed by atoms with E-state index in [9.17, 15) is 5.11 Å². The molecule has 0 aliphatic heterocycles. The van der Waals surface area contributed by atoms with Gasteiger partial charge in [0, 0.05) is 11.5 Å². The van der Waals surface area contributed by atoms with Crippen LogP contribution in [-0.2, 0) is 5.41 Å². The van der Waals surface area contributed by atoms with Gasteiger partial charge < -0.3 is 14.6 Å². The third-order valence-corrected chi connectivity index (χ3v) is 9.09. The third-order valence-electron chi connectivity index (χ3n) is 9.09. The molecule has 0 radical (unpaired) electrons. The molecular weight excluding hydrogens is 396 g/mol. The van der Waals surface area contributed by atoms with Crippen LogP contribution in [-0.4, -0.2) is 25.9 Å². The number of unbranched alkanes of at least 4 members (excludes halogenated alkanes) is 2. The first-order chi connectivity index (χ1) is 15.2. The van der Waals surface area contributed by atoms with Crippen LogP contribution >= 0.6 is 0 Å².